The Bertz CT molecular complexity index is 546. The third kappa shape index (κ3) is 3.81. The van der Waals surface area contributed by atoms with Gasteiger partial charge in [0.25, 0.3) is 5.91 Å². The molecule has 0 radical (unpaired) electrons. The molecule has 2 aliphatic rings. The van der Waals surface area contributed by atoms with E-state index < -0.39 is 0 Å². The third-order valence-electron chi connectivity index (χ3n) is 5.43. The number of piperidine rings is 2. The van der Waals surface area contributed by atoms with Gasteiger partial charge in [-0.3, -0.25) is 4.79 Å². The van der Waals surface area contributed by atoms with Crippen molar-refractivity contribution in [3.05, 3.63) is 29.3 Å². The summed E-state index contributed by atoms with van der Waals surface area (Å²) < 4.78 is 5.34. The number of nitrogens with zero attached hydrogens (tertiary/aromatic N) is 1. The molecule has 0 bridgehead atoms. The van der Waals surface area contributed by atoms with Crippen molar-refractivity contribution in [3.63, 3.8) is 0 Å². The van der Waals surface area contributed by atoms with Gasteiger partial charge >= 0.3 is 0 Å². The van der Waals surface area contributed by atoms with E-state index in [0.29, 0.717) is 5.41 Å². The number of carbonyl (C=O) groups is 1. The summed E-state index contributed by atoms with van der Waals surface area (Å²) in [6.45, 7) is 6.02. The highest BCUT2D eigenvalue weighted by Crippen LogP contribution is 2.39. The number of hydrogen-bond donors (Lipinski definition) is 1. The number of rotatable bonds is 2. The Morgan fingerprint density at radius 3 is 2.43 bits per heavy atom. The number of aryl methyl sites for hydroxylation is 1. The summed E-state index contributed by atoms with van der Waals surface area (Å²) in [4.78, 5) is 14.7. The Hall–Kier alpha value is -1.26. The largest absolute Gasteiger partial charge is 0.496 e. The summed E-state index contributed by atoms with van der Waals surface area (Å²) >= 11 is 0. The number of amides is 1. The number of ether oxygens (including phenoxy) is 1. The van der Waals surface area contributed by atoms with Crippen molar-refractivity contribution in [2.45, 2.75) is 32.6 Å². The SMILES string of the molecule is COc1cc(C(=O)N2CCC3(CCNCC3)CC2)ccc1C.Cl. The number of halogens is 1. The molecule has 2 saturated heterocycles. The van der Waals surface area contributed by atoms with Gasteiger partial charge in [-0.2, -0.15) is 0 Å². The predicted octanol–water partition coefficient (Wildman–Crippen LogP) is 3.03. The molecule has 1 spiro atoms. The van der Waals surface area contributed by atoms with Gasteiger partial charge in [-0.25, -0.2) is 0 Å². The van der Waals surface area contributed by atoms with Crippen LogP contribution in [-0.4, -0.2) is 44.1 Å². The number of carbonyl (C=O) groups excluding carboxylic acids is 1. The smallest absolute Gasteiger partial charge is 0.253 e. The molecular weight excluding hydrogens is 312 g/mol. The average molecular weight is 339 g/mol. The van der Waals surface area contributed by atoms with Crippen LogP contribution >= 0.6 is 12.4 Å². The second-order valence-electron chi connectivity index (χ2n) is 6.73. The van der Waals surface area contributed by atoms with E-state index >= 15 is 0 Å². The Morgan fingerprint density at radius 1 is 1.17 bits per heavy atom. The van der Waals surface area contributed by atoms with Gasteiger partial charge in [-0.15, -0.1) is 12.4 Å². The molecule has 2 heterocycles. The van der Waals surface area contributed by atoms with Crippen LogP contribution in [0.2, 0.25) is 0 Å². The van der Waals surface area contributed by atoms with Gasteiger partial charge in [0.15, 0.2) is 0 Å². The van der Waals surface area contributed by atoms with Gasteiger partial charge in [0.05, 0.1) is 7.11 Å². The van der Waals surface area contributed by atoms with Crippen molar-refractivity contribution in [3.8, 4) is 5.75 Å². The van der Waals surface area contributed by atoms with Crippen molar-refractivity contribution < 1.29 is 9.53 Å². The normalized spacial score (nSPS) is 20.0. The Kier molecular flexibility index (Phi) is 5.93. The van der Waals surface area contributed by atoms with Gasteiger partial charge in [0, 0.05) is 18.7 Å². The number of likely N-dealkylation sites (tertiary alicyclic amines) is 1. The fourth-order valence-corrected chi connectivity index (χ4v) is 3.78. The van der Waals surface area contributed by atoms with Gasteiger partial charge < -0.3 is 15.0 Å². The summed E-state index contributed by atoms with van der Waals surface area (Å²) in [5, 5.41) is 3.44. The minimum absolute atomic E-state index is 0. The van der Waals surface area contributed by atoms with Crippen LogP contribution in [0.5, 0.6) is 5.75 Å². The van der Waals surface area contributed by atoms with E-state index in [4.69, 9.17) is 4.74 Å². The molecule has 2 aliphatic heterocycles. The number of nitrogens with one attached hydrogen (secondary N) is 1. The second-order valence-corrected chi connectivity index (χ2v) is 6.73. The lowest BCUT2D eigenvalue weighted by atomic mass is 9.71. The average Bonchev–Trinajstić information content (AvgIpc) is 2.56. The predicted molar refractivity (Wildman–Crippen MR) is 94.7 cm³/mol. The van der Waals surface area contributed by atoms with Crippen molar-refractivity contribution in [1.82, 2.24) is 10.2 Å². The fourth-order valence-electron chi connectivity index (χ4n) is 3.78. The van der Waals surface area contributed by atoms with Crippen LogP contribution in [0.1, 0.15) is 41.6 Å². The summed E-state index contributed by atoms with van der Waals surface area (Å²) in [6.07, 6.45) is 4.80. The zero-order valence-electron chi connectivity index (χ0n) is 14.1. The van der Waals surface area contributed by atoms with E-state index in [1.807, 2.05) is 30.0 Å². The van der Waals surface area contributed by atoms with E-state index in [2.05, 4.69) is 5.32 Å². The molecule has 0 aromatic heterocycles. The Morgan fingerprint density at radius 2 is 1.83 bits per heavy atom. The van der Waals surface area contributed by atoms with E-state index in [1.54, 1.807) is 7.11 Å². The summed E-state index contributed by atoms with van der Waals surface area (Å²) in [6, 6.07) is 5.74. The molecule has 4 nitrogen and oxygen atoms in total. The highest BCUT2D eigenvalue weighted by atomic mass is 35.5. The lowest BCUT2D eigenvalue weighted by Gasteiger charge is -2.44. The van der Waals surface area contributed by atoms with Crippen molar-refractivity contribution in [2.75, 3.05) is 33.3 Å². The molecule has 23 heavy (non-hydrogen) atoms. The molecule has 0 atom stereocenters. The Labute approximate surface area is 145 Å². The molecule has 2 fully saturated rings. The molecule has 128 valence electrons. The maximum absolute atomic E-state index is 12.7. The van der Waals surface area contributed by atoms with Crippen LogP contribution in [0.25, 0.3) is 0 Å². The lowest BCUT2D eigenvalue weighted by molar-refractivity contribution is 0.0495. The van der Waals surface area contributed by atoms with E-state index in [0.717, 1.165) is 55.9 Å². The van der Waals surface area contributed by atoms with Crippen LogP contribution in [-0.2, 0) is 0 Å². The first-order chi connectivity index (χ1) is 10.6. The van der Waals surface area contributed by atoms with Crippen LogP contribution in [0.3, 0.4) is 0 Å². The molecule has 3 rings (SSSR count). The molecule has 1 aromatic carbocycles. The first kappa shape index (κ1) is 18.1. The lowest BCUT2D eigenvalue weighted by Crippen LogP contribution is -2.47. The van der Waals surface area contributed by atoms with Crippen molar-refractivity contribution in [2.24, 2.45) is 5.41 Å². The van der Waals surface area contributed by atoms with Gasteiger partial charge in [-0.1, -0.05) is 6.07 Å². The van der Waals surface area contributed by atoms with E-state index in [1.165, 1.54) is 12.8 Å². The van der Waals surface area contributed by atoms with Gasteiger partial charge in [0.2, 0.25) is 0 Å². The first-order valence-corrected chi connectivity index (χ1v) is 8.28. The maximum atomic E-state index is 12.7. The molecule has 1 N–H and O–H groups in total. The fraction of sp³-hybridized carbons (Fsp3) is 0.611. The number of methoxy groups -OCH3 is 1. The zero-order chi connectivity index (χ0) is 15.6. The minimum atomic E-state index is 0. The van der Waals surface area contributed by atoms with Crippen LogP contribution in [0.15, 0.2) is 18.2 Å². The summed E-state index contributed by atoms with van der Waals surface area (Å²) in [5.74, 6) is 0.930. The number of benzene rings is 1. The van der Waals surface area contributed by atoms with E-state index in [9.17, 15) is 4.79 Å². The molecule has 0 unspecified atom stereocenters. The highest BCUT2D eigenvalue weighted by Gasteiger charge is 2.36. The molecule has 0 saturated carbocycles. The minimum Gasteiger partial charge on any atom is -0.496 e. The number of hydrogen-bond acceptors (Lipinski definition) is 3. The molecule has 1 amide bonds. The highest BCUT2D eigenvalue weighted by molar-refractivity contribution is 5.94. The molecule has 1 aromatic rings. The quantitative estimate of drug-likeness (QED) is 0.901. The topological polar surface area (TPSA) is 41.6 Å². The maximum Gasteiger partial charge on any atom is 0.253 e. The summed E-state index contributed by atoms with van der Waals surface area (Å²) in [5.41, 5.74) is 2.28. The van der Waals surface area contributed by atoms with Crippen molar-refractivity contribution >= 4 is 18.3 Å². The first-order valence-electron chi connectivity index (χ1n) is 8.28. The Balaban J connectivity index is 0.00000192. The molecule has 0 aliphatic carbocycles. The standard InChI is InChI=1S/C18H26N2O2.ClH/c1-14-3-4-15(13-16(14)22-2)17(21)20-11-7-18(8-12-20)5-9-19-10-6-18;/h3-4,13,19H,5-12H2,1-2H3;1H. The van der Waals surface area contributed by atoms with Gasteiger partial charge in [0.1, 0.15) is 5.75 Å². The van der Waals surface area contributed by atoms with Crippen LogP contribution < -0.4 is 10.1 Å². The summed E-state index contributed by atoms with van der Waals surface area (Å²) in [7, 11) is 1.65. The third-order valence-corrected chi connectivity index (χ3v) is 5.43. The van der Waals surface area contributed by atoms with Crippen molar-refractivity contribution in [1.29, 1.82) is 0 Å². The molecular formula is C18H27ClN2O2. The van der Waals surface area contributed by atoms with E-state index in [-0.39, 0.29) is 18.3 Å². The van der Waals surface area contributed by atoms with Crippen LogP contribution in [0.4, 0.5) is 0 Å². The second kappa shape index (κ2) is 7.54. The zero-order valence-corrected chi connectivity index (χ0v) is 14.9. The monoisotopic (exact) mass is 338 g/mol. The van der Waals surface area contributed by atoms with Gasteiger partial charge in [-0.05, 0) is 68.8 Å². The van der Waals surface area contributed by atoms with Crippen LogP contribution in [0, 0.1) is 12.3 Å². The molecule has 5 heteroatoms.